The summed E-state index contributed by atoms with van der Waals surface area (Å²) in [6.45, 7) is 6.21. The molecule has 0 rings (SSSR count). The molecule has 0 aliphatic rings. The van der Waals surface area contributed by atoms with E-state index in [1.807, 2.05) is 0 Å². The van der Waals surface area contributed by atoms with E-state index in [1.165, 1.54) is 45.6 Å². The van der Waals surface area contributed by atoms with Crippen molar-refractivity contribution >= 4 is 5.97 Å². The molecule has 108 valence electrons. The third-order valence-electron chi connectivity index (χ3n) is 3.01. The van der Waals surface area contributed by atoms with Crippen molar-refractivity contribution in [2.24, 2.45) is 0 Å². The van der Waals surface area contributed by atoms with Gasteiger partial charge in [-0.2, -0.15) is 0 Å². The molecule has 0 aromatic rings. The largest absolute Gasteiger partial charge is 0.469 e. The first-order valence-corrected chi connectivity index (χ1v) is 7.44. The van der Waals surface area contributed by atoms with E-state index in [0.717, 1.165) is 24.8 Å². The van der Waals surface area contributed by atoms with Gasteiger partial charge < -0.3 is 4.74 Å². The van der Waals surface area contributed by atoms with Crippen LogP contribution < -0.4 is 0 Å². The van der Waals surface area contributed by atoms with Gasteiger partial charge in [0.25, 0.3) is 0 Å². The number of ether oxygens (including phenoxy) is 1. The summed E-state index contributed by atoms with van der Waals surface area (Å²) in [7, 11) is 1.41. The molecule has 0 aromatic carbocycles. The molecular weight excluding hydrogens is 236 g/mol. The molecule has 0 aliphatic heterocycles. The monoisotopic (exact) mass is 264 g/mol. The molecule has 0 aliphatic carbocycles. The highest BCUT2D eigenvalue weighted by molar-refractivity contribution is 5.69. The van der Waals surface area contributed by atoms with Crippen molar-refractivity contribution in [2.45, 2.75) is 71.1 Å². The second-order valence-corrected chi connectivity index (χ2v) is 4.85. The second-order valence-electron chi connectivity index (χ2n) is 4.85. The molecule has 2 nitrogen and oxygen atoms in total. The Morgan fingerprint density at radius 1 is 1.05 bits per heavy atom. The van der Waals surface area contributed by atoms with Crippen LogP contribution >= 0.6 is 0 Å². The number of carbonyl (C=O) groups excluding carboxylic acids is 1. The average Bonchev–Trinajstić information content (AvgIpc) is 2.42. The van der Waals surface area contributed by atoms with E-state index in [4.69, 9.17) is 0 Å². The van der Waals surface area contributed by atoms with Crippen molar-refractivity contribution in [3.8, 4) is 11.8 Å². The normalized spacial score (nSPS) is 9.58. The van der Waals surface area contributed by atoms with Crippen LogP contribution in [0.3, 0.4) is 0 Å². The fourth-order valence-electron chi connectivity index (χ4n) is 1.79. The van der Waals surface area contributed by atoms with Gasteiger partial charge in [0.15, 0.2) is 0 Å². The zero-order valence-electron chi connectivity index (χ0n) is 12.6. The number of hydrogen-bond donors (Lipinski definition) is 0. The van der Waals surface area contributed by atoms with Crippen molar-refractivity contribution in [1.29, 1.82) is 0 Å². The first kappa shape index (κ1) is 17.8. The van der Waals surface area contributed by atoms with Crippen molar-refractivity contribution in [3.63, 3.8) is 0 Å². The second kappa shape index (κ2) is 13.2. The van der Waals surface area contributed by atoms with E-state index in [2.05, 4.69) is 30.1 Å². The lowest BCUT2D eigenvalue weighted by molar-refractivity contribution is -0.140. The van der Waals surface area contributed by atoms with Crippen LogP contribution in [0.1, 0.15) is 71.1 Å². The number of unbranched alkanes of at least 4 members (excludes halogenated alkanes) is 6. The summed E-state index contributed by atoms with van der Waals surface area (Å²) in [6, 6.07) is 0. The fourth-order valence-corrected chi connectivity index (χ4v) is 1.79. The fraction of sp³-hybridized carbons (Fsp3) is 0.706. The topological polar surface area (TPSA) is 26.3 Å². The standard InChI is InChI=1S/C17H28O2/c1-4-5-6-7-8-10-13-16(2)14-11-9-12-15-17(18)19-3/h2,4-10,12-13,15H2,1,3H3. The van der Waals surface area contributed by atoms with Gasteiger partial charge >= 0.3 is 5.97 Å². The van der Waals surface area contributed by atoms with Crippen molar-refractivity contribution in [2.75, 3.05) is 7.11 Å². The van der Waals surface area contributed by atoms with Crippen LogP contribution in [0.2, 0.25) is 0 Å². The maximum absolute atomic E-state index is 10.9. The summed E-state index contributed by atoms with van der Waals surface area (Å²) in [5.41, 5.74) is 1.02. The molecule has 0 saturated carbocycles. The number of methoxy groups -OCH3 is 1. The highest BCUT2D eigenvalue weighted by Gasteiger charge is 1.97. The van der Waals surface area contributed by atoms with Crippen molar-refractivity contribution in [1.82, 2.24) is 0 Å². The molecule has 0 heterocycles. The molecular formula is C17H28O2. The van der Waals surface area contributed by atoms with Gasteiger partial charge in [0, 0.05) is 12.8 Å². The number of rotatable bonds is 10. The minimum absolute atomic E-state index is 0.160. The van der Waals surface area contributed by atoms with Crippen molar-refractivity contribution < 1.29 is 9.53 Å². The van der Waals surface area contributed by atoms with Crippen LogP contribution in [0.15, 0.2) is 12.2 Å². The van der Waals surface area contributed by atoms with Gasteiger partial charge in [-0.15, -0.1) is 0 Å². The number of allylic oxidation sites excluding steroid dienone is 1. The molecule has 0 unspecified atom stereocenters. The SMILES string of the molecule is C=C(C#CCCCC(=O)OC)CCCCCCCC. The molecule has 0 radical (unpaired) electrons. The lowest BCUT2D eigenvalue weighted by atomic mass is 10.1. The maximum Gasteiger partial charge on any atom is 0.305 e. The number of hydrogen-bond acceptors (Lipinski definition) is 2. The van der Waals surface area contributed by atoms with Crippen molar-refractivity contribution in [3.05, 3.63) is 12.2 Å². The van der Waals surface area contributed by atoms with Crippen LogP contribution in [0.4, 0.5) is 0 Å². The van der Waals surface area contributed by atoms with E-state index in [9.17, 15) is 4.79 Å². The van der Waals surface area contributed by atoms with E-state index < -0.39 is 0 Å². The van der Waals surface area contributed by atoms with Gasteiger partial charge in [-0.05, 0) is 24.8 Å². The van der Waals surface area contributed by atoms with Gasteiger partial charge in [-0.25, -0.2) is 0 Å². The summed E-state index contributed by atoms with van der Waals surface area (Å²) < 4.78 is 4.57. The summed E-state index contributed by atoms with van der Waals surface area (Å²) in [6.07, 6.45) is 10.8. The molecule has 0 amide bonds. The lowest BCUT2D eigenvalue weighted by Gasteiger charge is -1.99. The zero-order valence-corrected chi connectivity index (χ0v) is 12.6. The van der Waals surface area contributed by atoms with Gasteiger partial charge in [-0.1, -0.05) is 57.4 Å². The third kappa shape index (κ3) is 13.0. The summed E-state index contributed by atoms with van der Waals surface area (Å²) in [4.78, 5) is 10.9. The number of esters is 1. The molecule has 0 saturated heterocycles. The molecule has 0 bridgehead atoms. The van der Waals surface area contributed by atoms with Gasteiger partial charge in [0.05, 0.1) is 7.11 Å². The molecule has 19 heavy (non-hydrogen) atoms. The summed E-state index contributed by atoms with van der Waals surface area (Å²) in [5, 5.41) is 0. The highest BCUT2D eigenvalue weighted by Crippen LogP contribution is 2.10. The maximum atomic E-state index is 10.9. The molecule has 2 heteroatoms. The molecule has 0 fully saturated rings. The van der Waals surface area contributed by atoms with E-state index >= 15 is 0 Å². The zero-order chi connectivity index (χ0) is 14.3. The Morgan fingerprint density at radius 2 is 1.74 bits per heavy atom. The molecule has 0 atom stereocenters. The summed E-state index contributed by atoms with van der Waals surface area (Å²) >= 11 is 0. The van der Waals surface area contributed by atoms with Crippen LogP contribution in [-0.2, 0) is 9.53 Å². The highest BCUT2D eigenvalue weighted by atomic mass is 16.5. The quantitative estimate of drug-likeness (QED) is 0.326. The predicted octanol–water partition coefficient (Wildman–Crippen LogP) is 4.64. The Kier molecular flexibility index (Phi) is 12.4. The Labute approximate surface area is 118 Å². The Bertz CT molecular complexity index is 307. The van der Waals surface area contributed by atoms with Crippen LogP contribution in [-0.4, -0.2) is 13.1 Å². The first-order valence-electron chi connectivity index (χ1n) is 7.44. The summed E-state index contributed by atoms with van der Waals surface area (Å²) in [5.74, 6) is 5.99. The molecule has 0 spiro atoms. The smallest absolute Gasteiger partial charge is 0.305 e. The Hall–Kier alpha value is -1.23. The minimum atomic E-state index is -0.160. The van der Waals surface area contributed by atoms with Crippen LogP contribution in [0.25, 0.3) is 0 Å². The van der Waals surface area contributed by atoms with Gasteiger partial charge in [0.1, 0.15) is 0 Å². The van der Waals surface area contributed by atoms with Crippen LogP contribution in [0.5, 0.6) is 0 Å². The van der Waals surface area contributed by atoms with E-state index in [1.54, 1.807) is 0 Å². The third-order valence-corrected chi connectivity index (χ3v) is 3.01. The molecule has 0 N–H and O–H groups in total. The van der Waals surface area contributed by atoms with Crippen LogP contribution in [0, 0.1) is 11.8 Å². The minimum Gasteiger partial charge on any atom is -0.469 e. The number of carbonyl (C=O) groups is 1. The van der Waals surface area contributed by atoms with E-state index in [-0.39, 0.29) is 5.97 Å². The van der Waals surface area contributed by atoms with Gasteiger partial charge in [0.2, 0.25) is 0 Å². The average molecular weight is 264 g/mol. The first-order chi connectivity index (χ1) is 9.20. The van der Waals surface area contributed by atoms with Gasteiger partial charge in [-0.3, -0.25) is 4.79 Å². The van der Waals surface area contributed by atoms with E-state index in [0.29, 0.717) is 6.42 Å². The lowest BCUT2D eigenvalue weighted by Crippen LogP contribution is -1.98. The predicted molar refractivity (Wildman–Crippen MR) is 80.8 cm³/mol. The molecule has 0 aromatic heterocycles. The Morgan fingerprint density at radius 3 is 2.42 bits per heavy atom. The Balaban J connectivity index is 3.45.